The van der Waals surface area contributed by atoms with Crippen LogP contribution >= 0.6 is 0 Å². The second kappa shape index (κ2) is 6.04. The summed E-state index contributed by atoms with van der Waals surface area (Å²) < 4.78 is 6.76. The van der Waals surface area contributed by atoms with Gasteiger partial charge in [0, 0.05) is 23.8 Å². The van der Waals surface area contributed by atoms with Gasteiger partial charge in [0.05, 0.1) is 12.2 Å². The molecular weight excluding hydrogens is 258 g/mol. The Morgan fingerprint density at radius 3 is 2.57 bits per heavy atom. The van der Waals surface area contributed by atoms with Crippen LogP contribution in [0.25, 0.3) is 0 Å². The Hall–Kier alpha value is -0.340. The largest absolute Gasteiger partial charge is 0.373 e. The lowest BCUT2D eigenvalue weighted by molar-refractivity contribution is -0.151. The Bertz CT molecular complexity index is 398. The molecule has 0 N–H and O–H groups in total. The lowest BCUT2D eigenvalue weighted by Crippen LogP contribution is -2.53. The Morgan fingerprint density at radius 1 is 1.10 bits per heavy atom. The zero-order valence-electron chi connectivity index (χ0n) is 14.4. The van der Waals surface area contributed by atoms with Crippen LogP contribution in [0.2, 0.25) is 0 Å². The van der Waals surface area contributed by atoms with Crippen molar-refractivity contribution in [2.45, 2.75) is 71.0 Å². The molecule has 0 unspecified atom stereocenters. The van der Waals surface area contributed by atoms with Gasteiger partial charge in [-0.1, -0.05) is 38.3 Å². The van der Waals surface area contributed by atoms with Gasteiger partial charge in [0.2, 0.25) is 0 Å². The molecule has 0 spiro atoms. The molecule has 0 aromatic carbocycles. The van der Waals surface area contributed by atoms with Gasteiger partial charge in [-0.3, -0.25) is 0 Å². The summed E-state index contributed by atoms with van der Waals surface area (Å²) in [4.78, 5) is 2.32. The van der Waals surface area contributed by atoms with Crippen LogP contribution in [0.1, 0.15) is 58.8 Å². The molecule has 0 aromatic heterocycles. The molecule has 3 rings (SSSR count). The predicted octanol–water partition coefficient (Wildman–Crippen LogP) is 4.26. The smallest absolute Gasteiger partial charge is 0.0707 e. The molecule has 0 radical (unpaired) electrons. The molecule has 1 saturated carbocycles. The zero-order valence-corrected chi connectivity index (χ0v) is 14.4. The summed E-state index contributed by atoms with van der Waals surface area (Å²) in [5.41, 5.74) is 2.02. The van der Waals surface area contributed by atoms with Crippen molar-refractivity contribution >= 4 is 0 Å². The van der Waals surface area contributed by atoms with Crippen molar-refractivity contribution in [2.24, 2.45) is 17.3 Å². The van der Waals surface area contributed by atoms with Crippen LogP contribution in [0.3, 0.4) is 0 Å². The zero-order chi connectivity index (χ0) is 15.0. The van der Waals surface area contributed by atoms with E-state index in [-0.39, 0.29) is 5.41 Å². The Balaban J connectivity index is 1.87. The molecular formula is C19H33NO. The Kier molecular flexibility index (Phi) is 4.47. The van der Waals surface area contributed by atoms with Gasteiger partial charge in [-0.05, 0) is 46.2 Å². The first kappa shape index (κ1) is 15.6. The minimum atomic E-state index is 0.229. The SMILES string of the molecule is CN(C)CC(C)(C)[C@H]1O[C@@H]2CCCC[C@@H]2C2=CCCC[C@H]21. The van der Waals surface area contributed by atoms with E-state index in [4.69, 9.17) is 4.74 Å². The summed E-state index contributed by atoms with van der Waals surface area (Å²) >= 11 is 0. The van der Waals surface area contributed by atoms with Crippen molar-refractivity contribution in [1.29, 1.82) is 0 Å². The molecule has 2 aliphatic carbocycles. The number of rotatable bonds is 3. The highest BCUT2D eigenvalue weighted by atomic mass is 16.5. The minimum absolute atomic E-state index is 0.229. The van der Waals surface area contributed by atoms with Gasteiger partial charge in [0.15, 0.2) is 0 Å². The molecule has 3 aliphatic rings. The molecule has 120 valence electrons. The molecule has 2 fully saturated rings. The summed E-state index contributed by atoms with van der Waals surface area (Å²) in [6, 6.07) is 0. The first-order valence-corrected chi connectivity index (χ1v) is 8.99. The third-order valence-electron chi connectivity index (χ3n) is 5.84. The van der Waals surface area contributed by atoms with Crippen molar-refractivity contribution in [3.05, 3.63) is 11.6 Å². The molecule has 1 heterocycles. The van der Waals surface area contributed by atoms with Crippen LogP contribution in [0, 0.1) is 17.3 Å². The number of hydrogen-bond acceptors (Lipinski definition) is 2. The van der Waals surface area contributed by atoms with E-state index in [2.05, 4.69) is 38.9 Å². The van der Waals surface area contributed by atoms with Gasteiger partial charge in [0.25, 0.3) is 0 Å². The topological polar surface area (TPSA) is 12.5 Å². The van der Waals surface area contributed by atoms with E-state index in [1.54, 1.807) is 5.57 Å². The second-order valence-electron chi connectivity index (χ2n) is 8.45. The van der Waals surface area contributed by atoms with Crippen molar-refractivity contribution < 1.29 is 4.74 Å². The molecule has 1 aliphatic heterocycles. The maximum absolute atomic E-state index is 6.76. The molecule has 0 aromatic rings. The normalized spacial score (nSPS) is 36.9. The van der Waals surface area contributed by atoms with Crippen LogP contribution in [-0.4, -0.2) is 37.7 Å². The van der Waals surface area contributed by atoms with Crippen LogP contribution < -0.4 is 0 Å². The summed E-state index contributed by atoms with van der Waals surface area (Å²) in [7, 11) is 4.37. The highest BCUT2D eigenvalue weighted by Gasteiger charge is 2.48. The van der Waals surface area contributed by atoms with Crippen molar-refractivity contribution in [3.63, 3.8) is 0 Å². The van der Waals surface area contributed by atoms with Crippen molar-refractivity contribution in [2.75, 3.05) is 20.6 Å². The standard InChI is InChI=1S/C19H33NO/c1-19(2,13-20(3)4)18-16-11-6-5-9-14(16)15-10-7-8-12-17(15)21-18/h9,15-18H,5-8,10-13H2,1-4H3/t15-,16-,17-,18+/m1/s1. The summed E-state index contributed by atoms with van der Waals surface area (Å²) in [6.45, 7) is 5.93. The molecule has 4 atom stereocenters. The third kappa shape index (κ3) is 3.07. The maximum Gasteiger partial charge on any atom is 0.0707 e. The van der Waals surface area contributed by atoms with Gasteiger partial charge >= 0.3 is 0 Å². The van der Waals surface area contributed by atoms with Crippen LogP contribution in [0.4, 0.5) is 0 Å². The average Bonchev–Trinajstić information content (AvgIpc) is 2.45. The fourth-order valence-electron chi connectivity index (χ4n) is 5.24. The van der Waals surface area contributed by atoms with Crippen LogP contribution in [-0.2, 0) is 4.74 Å². The number of fused-ring (bicyclic) bond motifs is 3. The fraction of sp³-hybridized carbons (Fsp3) is 0.895. The van der Waals surface area contributed by atoms with Gasteiger partial charge in [-0.15, -0.1) is 0 Å². The maximum atomic E-state index is 6.76. The highest BCUT2D eigenvalue weighted by Crippen LogP contribution is 2.50. The number of ether oxygens (including phenoxy) is 1. The van der Waals surface area contributed by atoms with Crippen molar-refractivity contribution in [3.8, 4) is 0 Å². The van der Waals surface area contributed by atoms with Crippen molar-refractivity contribution in [1.82, 2.24) is 4.90 Å². The first-order valence-electron chi connectivity index (χ1n) is 8.99. The lowest BCUT2D eigenvalue weighted by atomic mass is 9.64. The lowest BCUT2D eigenvalue weighted by Gasteiger charge is -2.52. The number of allylic oxidation sites excluding steroid dienone is 1. The highest BCUT2D eigenvalue weighted by molar-refractivity contribution is 5.21. The van der Waals surface area contributed by atoms with Crippen LogP contribution in [0.15, 0.2) is 11.6 Å². The Labute approximate surface area is 130 Å². The van der Waals surface area contributed by atoms with E-state index in [0.29, 0.717) is 18.1 Å². The quantitative estimate of drug-likeness (QED) is 0.720. The molecule has 1 saturated heterocycles. The monoisotopic (exact) mass is 291 g/mol. The van der Waals surface area contributed by atoms with E-state index in [0.717, 1.165) is 12.5 Å². The van der Waals surface area contributed by atoms with Crippen LogP contribution in [0.5, 0.6) is 0 Å². The van der Waals surface area contributed by atoms with E-state index in [1.165, 1.54) is 44.9 Å². The van der Waals surface area contributed by atoms with E-state index in [9.17, 15) is 0 Å². The summed E-state index contributed by atoms with van der Waals surface area (Å²) in [5, 5.41) is 0. The minimum Gasteiger partial charge on any atom is -0.373 e. The fourth-order valence-corrected chi connectivity index (χ4v) is 5.24. The number of hydrogen-bond donors (Lipinski definition) is 0. The predicted molar refractivity (Wildman–Crippen MR) is 88.4 cm³/mol. The van der Waals surface area contributed by atoms with Gasteiger partial charge in [-0.25, -0.2) is 0 Å². The second-order valence-corrected chi connectivity index (χ2v) is 8.45. The molecule has 2 heteroatoms. The van der Waals surface area contributed by atoms with Gasteiger partial charge in [0.1, 0.15) is 0 Å². The first-order chi connectivity index (χ1) is 9.99. The third-order valence-corrected chi connectivity index (χ3v) is 5.84. The number of nitrogens with zero attached hydrogens (tertiary/aromatic N) is 1. The Morgan fingerprint density at radius 2 is 1.81 bits per heavy atom. The van der Waals surface area contributed by atoms with E-state index >= 15 is 0 Å². The van der Waals surface area contributed by atoms with E-state index in [1.807, 2.05) is 0 Å². The average molecular weight is 291 g/mol. The summed E-state index contributed by atoms with van der Waals surface area (Å²) in [6.07, 6.45) is 12.9. The molecule has 0 amide bonds. The summed E-state index contributed by atoms with van der Waals surface area (Å²) in [5.74, 6) is 1.43. The van der Waals surface area contributed by atoms with Gasteiger partial charge in [-0.2, -0.15) is 0 Å². The molecule has 2 nitrogen and oxygen atoms in total. The molecule has 21 heavy (non-hydrogen) atoms. The molecule has 0 bridgehead atoms. The van der Waals surface area contributed by atoms with E-state index < -0.39 is 0 Å². The van der Waals surface area contributed by atoms with Gasteiger partial charge < -0.3 is 9.64 Å².